The third-order valence-corrected chi connectivity index (χ3v) is 4.69. The number of hydrogen-bond donors (Lipinski definition) is 1. The summed E-state index contributed by atoms with van der Waals surface area (Å²) < 4.78 is 23.6. The van der Waals surface area contributed by atoms with E-state index in [4.69, 9.17) is 9.15 Å². The molecule has 1 aromatic carbocycles. The van der Waals surface area contributed by atoms with E-state index in [9.17, 15) is 14.0 Å². The van der Waals surface area contributed by atoms with Crippen molar-refractivity contribution in [2.75, 3.05) is 38.0 Å². The average Bonchev–Trinajstić information content (AvgIpc) is 3.01. The molecule has 0 saturated carbocycles. The number of rotatable bonds is 7. The lowest BCUT2D eigenvalue weighted by Crippen LogP contribution is -2.36. The maximum absolute atomic E-state index is 13.0. The topological polar surface area (TPSA) is 75.0 Å². The molecular formula is C21H26FN3O4. The van der Waals surface area contributed by atoms with Gasteiger partial charge in [0.25, 0.3) is 0 Å². The van der Waals surface area contributed by atoms with Crippen LogP contribution in [0.4, 0.5) is 10.1 Å². The molecule has 7 nitrogen and oxygen atoms in total. The van der Waals surface area contributed by atoms with E-state index in [1.54, 1.807) is 12.1 Å². The lowest BCUT2D eigenvalue weighted by Gasteiger charge is -2.20. The van der Waals surface area contributed by atoms with Gasteiger partial charge in [-0.2, -0.15) is 0 Å². The maximum atomic E-state index is 13.0. The molecule has 0 unspecified atom stereocenters. The summed E-state index contributed by atoms with van der Waals surface area (Å²) in [4.78, 5) is 27.5. The second-order valence-electron chi connectivity index (χ2n) is 7.11. The number of amides is 1. The van der Waals surface area contributed by atoms with Crippen molar-refractivity contribution in [2.45, 2.75) is 26.5 Å². The molecular weight excluding hydrogens is 377 g/mol. The van der Waals surface area contributed by atoms with Gasteiger partial charge in [-0.25, -0.2) is 4.39 Å². The highest BCUT2D eigenvalue weighted by atomic mass is 19.1. The van der Waals surface area contributed by atoms with E-state index < -0.39 is 0 Å². The molecule has 8 heteroatoms. The average molecular weight is 403 g/mol. The van der Waals surface area contributed by atoms with Crippen LogP contribution in [0.15, 0.2) is 40.8 Å². The smallest absolute Gasteiger partial charge is 0.303 e. The molecule has 156 valence electrons. The van der Waals surface area contributed by atoms with Gasteiger partial charge < -0.3 is 14.5 Å². The third kappa shape index (κ3) is 6.99. The Morgan fingerprint density at radius 1 is 1.03 bits per heavy atom. The lowest BCUT2D eigenvalue weighted by atomic mass is 10.3. The van der Waals surface area contributed by atoms with Crippen molar-refractivity contribution in [1.82, 2.24) is 9.80 Å². The number of nitrogens with zero attached hydrogens (tertiary/aromatic N) is 2. The second kappa shape index (κ2) is 10.2. The molecule has 1 aliphatic rings. The van der Waals surface area contributed by atoms with Gasteiger partial charge >= 0.3 is 5.97 Å². The van der Waals surface area contributed by atoms with E-state index in [-0.39, 0.29) is 24.3 Å². The van der Waals surface area contributed by atoms with Crippen LogP contribution in [0.2, 0.25) is 0 Å². The first-order valence-electron chi connectivity index (χ1n) is 9.69. The zero-order chi connectivity index (χ0) is 20.6. The third-order valence-electron chi connectivity index (χ3n) is 4.69. The second-order valence-corrected chi connectivity index (χ2v) is 7.11. The molecule has 0 radical (unpaired) electrons. The van der Waals surface area contributed by atoms with Crippen molar-refractivity contribution < 1.29 is 23.1 Å². The summed E-state index contributed by atoms with van der Waals surface area (Å²) in [5.74, 6) is 0.690. The fraction of sp³-hybridized carbons (Fsp3) is 0.429. The van der Waals surface area contributed by atoms with Crippen LogP contribution >= 0.6 is 0 Å². The monoisotopic (exact) mass is 403 g/mol. The number of carbonyl (C=O) groups is 2. The minimum absolute atomic E-state index is 0.105. The van der Waals surface area contributed by atoms with E-state index in [2.05, 4.69) is 15.1 Å². The van der Waals surface area contributed by atoms with Crippen LogP contribution in [-0.4, -0.2) is 54.4 Å². The number of esters is 1. The first-order chi connectivity index (χ1) is 14.0. The zero-order valence-corrected chi connectivity index (χ0v) is 16.5. The van der Waals surface area contributed by atoms with Crippen LogP contribution in [0.1, 0.15) is 24.9 Å². The largest absolute Gasteiger partial charge is 0.461 e. The molecule has 0 spiro atoms. The highest BCUT2D eigenvalue weighted by molar-refractivity contribution is 5.92. The lowest BCUT2D eigenvalue weighted by molar-refractivity contribution is -0.142. The molecule has 0 atom stereocenters. The van der Waals surface area contributed by atoms with Crippen LogP contribution in [0.3, 0.4) is 0 Å². The molecule has 1 N–H and O–H groups in total. The zero-order valence-electron chi connectivity index (χ0n) is 16.5. The Labute approximate surface area is 169 Å². The van der Waals surface area contributed by atoms with E-state index in [1.165, 1.54) is 19.1 Å². The van der Waals surface area contributed by atoms with Gasteiger partial charge in [-0.1, -0.05) is 0 Å². The van der Waals surface area contributed by atoms with Crippen molar-refractivity contribution in [3.8, 4) is 0 Å². The first-order valence-corrected chi connectivity index (χ1v) is 9.69. The molecule has 1 fully saturated rings. The number of anilines is 1. The summed E-state index contributed by atoms with van der Waals surface area (Å²) in [5, 5.41) is 2.80. The minimum Gasteiger partial charge on any atom is -0.461 e. The van der Waals surface area contributed by atoms with Gasteiger partial charge in [-0.15, -0.1) is 0 Å². The van der Waals surface area contributed by atoms with Crippen molar-refractivity contribution in [2.24, 2.45) is 0 Å². The Bertz CT molecular complexity index is 822. The molecule has 1 saturated heterocycles. The molecule has 1 aliphatic heterocycles. The summed E-state index contributed by atoms with van der Waals surface area (Å²) >= 11 is 0. The van der Waals surface area contributed by atoms with Gasteiger partial charge in [0.1, 0.15) is 23.9 Å². The molecule has 1 aromatic heterocycles. The Morgan fingerprint density at radius 3 is 2.48 bits per heavy atom. The number of halogens is 1. The van der Waals surface area contributed by atoms with E-state index >= 15 is 0 Å². The quantitative estimate of drug-likeness (QED) is 0.717. The number of carbonyl (C=O) groups excluding carboxylic acids is 2. The molecule has 3 rings (SSSR count). The predicted octanol–water partition coefficient (Wildman–Crippen LogP) is 2.63. The fourth-order valence-corrected chi connectivity index (χ4v) is 3.26. The van der Waals surface area contributed by atoms with Crippen LogP contribution in [0, 0.1) is 5.82 Å². The van der Waals surface area contributed by atoms with Crippen molar-refractivity contribution in [3.63, 3.8) is 0 Å². The normalized spacial score (nSPS) is 15.7. The predicted molar refractivity (Wildman–Crippen MR) is 106 cm³/mol. The number of ether oxygens (including phenoxy) is 1. The summed E-state index contributed by atoms with van der Waals surface area (Å²) in [6.07, 6.45) is 0.949. The molecule has 1 amide bonds. The summed E-state index contributed by atoms with van der Waals surface area (Å²) in [7, 11) is 0. The summed E-state index contributed by atoms with van der Waals surface area (Å²) in [6.45, 7) is 5.84. The van der Waals surface area contributed by atoms with Gasteiger partial charge in [-0.05, 0) is 55.9 Å². The molecule has 29 heavy (non-hydrogen) atoms. The number of nitrogens with one attached hydrogen (secondary N) is 1. The van der Waals surface area contributed by atoms with Crippen LogP contribution in [0.25, 0.3) is 0 Å². The number of furan rings is 1. The highest BCUT2D eigenvalue weighted by Gasteiger charge is 2.18. The Morgan fingerprint density at radius 2 is 1.72 bits per heavy atom. The van der Waals surface area contributed by atoms with Gasteiger partial charge in [0.15, 0.2) is 0 Å². The van der Waals surface area contributed by atoms with E-state index in [0.717, 1.165) is 38.4 Å². The molecule has 0 aliphatic carbocycles. The van der Waals surface area contributed by atoms with E-state index in [0.29, 0.717) is 24.5 Å². The minimum atomic E-state index is -0.334. The molecule has 0 bridgehead atoms. The van der Waals surface area contributed by atoms with Gasteiger partial charge in [0, 0.05) is 25.7 Å². The first kappa shape index (κ1) is 21.0. The fourth-order valence-electron chi connectivity index (χ4n) is 3.26. The summed E-state index contributed by atoms with van der Waals surface area (Å²) in [6, 6.07) is 9.48. The highest BCUT2D eigenvalue weighted by Crippen LogP contribution is 2.14. The maximum Gasteiger partial charge on any atom is 0.303 e. The summed E-state index contributed by atoms with van der Waals surface area (Å²) in [5.41, 5.74) is 0.593. The number of hydrogen-bond acceptors (Lipinski definition) is 6. The van der Waals surface area contributed by atoms with Crippen molar-refractivity contribution in [1.29, 1.82) is 0 Å². The van der Waals surface area contributed by atoms with Gasteiger partial charge in [0.2, 0.25) is 5.91 Å². The number of benzene rings is 1. The van der Waals surface area contributed by atoms with Crippen LogP contribution < -0.4 is 5.32 Å². The molecule has 2 heterocycles. The molecule has 2 aromatic rings. The Hall–Kier alpha value is -2.71. The Kier molecular flexibility index (Phi) is 7.37. The standard InChI is InChI=1S/C21H26FN3O4/c1-16(26)28-15-20-8-7-19(29-20)13-24-9-2-10-25(12-11-24)14-21(27)23-18-5-3-17(22)4-6-18/h3-8H,2,9-15H2,1H3,(H,23,27). The van der Waals surface area contributed by atoms with E-state index in [1.807, 2.05) is 12.1 Å². The van der Waals surface area contributed by atoms with Crippen LogP contribution in [0.5, 0.6) is 0 Å². The van der Waals surface area contributed by atoms with Crippen molar-refractivity contribution >= 4 is 17.6 Å². The SMILES string of the molecule is CC(=O)OCc1ccc(CN2CCCN(CC(=O)Nc3ccc(F)cc3)CC2)o1. The Balaban J connectivity index is 1.43. The van der Waals surface area contributed by atoms with Gasteiger partial charge in [-0.3, -0.25) is 19.4 Å². The van der Waals surface area contributed by atoms with Gasteiger partial charge in [0.05, 0.1) is 13.1 Å². The van der Waals surface area contributed by atoms with Crippen LogP contribution in [-0.2, 0) is 27.5 Å². The van der Waals surface area contributed by atoms with Crippen molar-refractivity contribution in [3.05, 3.63) is 53.7 Å².